The van der Waals surface area contributed by atoms with Gasteiger partial charge in [0.05, 0.1) is 0 Å². The maximum atomic E-state index is 12.2. The molecule has 0 heterocycles. The minimum absolute atomic E-state index is 0.00407. The first-order chi connectivity index (χ1) is 8.47. The summed E-state index contributed by atoms with van der Waals surface area (Å²) >= 11 is 0. The zero-order valence-electron chi connectivity index (χ0n) is 10.0. The van der Waals surface area contributed by atoms with E-state index in [4.69, 9.17) is 4.74 Å². The van der Waals surface area contributed by atoms with Crippen molar-refractivity contribution in [2.45, 2.75) is 50.6 Å². The molecule has 0 aliphatic heterocycles. The third kappa shape index (κ3) is 1.93. The molecule has 0 aromatic carbocycles. The number of ether oxygens (including phenoxy) is 1. The standard InChI is InChI=1S/C13H16F2O3/c14-10(15)3-11(16)18-13-4-7-1-8(5-13)12(17)9(2-7)6-13/h7-10H,1-6H2. The fourth-order valence-electron chi connectivity index (χ4n) is 4.21. The molecular formula is C13H16F2O3. The molecule has 2 atom stereocenters. The molecule has 4 saturated carbocycles. The van der Waals surface area contributed by atoms with Crippen LogP contribution in [0.1, 0.15) is 38.5 Å². The van der Waals surface area contributed by atoms with Crippen molar-refractivity contribution < 1.29 is 23.1 Å². The van der Waals surface area contributed by atoms with Crippen molar-refractivity contribution in [2.24, 2.45) is 17.8 Å². The van der Waals surface area contributed by atoms with Gasteiger partial charge in [0.15, 0.2) is 0 Å². The second kappa shape index (κ2) is 4.00. The van der Waals surface area contributed by atoms with Gasteiger partial charge < -0.3 is 4.74 Å². The number of Topliss-reactive ketones (excluding diaryl/α,β-unsaturated/α-hetero) is 1. The lowest BCUT2D eigenvalue weighted by molar-refractivity contribution is -0.191. The Bertz CT molecular complexity index is 376. The zero-order valence-corrected chi connectivity index (χ0v) is 10.0. The fraction of sp³-hybridized carbons (Fsp3) is 0.846. The van der Waals surface area contributed by atoms with Gasteiger partial charge in [0.25, 0.3) is 0 Å². The van der Waals surface area contributed by atoms with Crippen LogP contribution in [0.15, 0.2) is 0 Å². The molecule has 0 spiro atoms. The molecule has 0 radical (unpaired) electrons. The maximum Gasteiger partial charge on any atom is 0.312 e. The van der Waals surface area contributed by atoms with Crippen molar-refractivity contribution in [3.05, 3.63) is 0 Å². The van der Waals surface area contributed by atoms with Crippen LogP contribution in [0.4, 0.5) is 8.78 Å². The summed E-state index contributed by atoms with van der Waals surface area (Å²) in [6.45, 7) is 0. The van der Waals surface area contributed by atoms with Gasteiger partial charge in [-0.05, 0) is 38.0 Å². The number of carbonyl (C=O) groups excluding carboxylic acids is 2. The maximum absolute atomic E-state index is 12.2. The van der Waals surface area contributed by atoms with E-state index >= 15 is 0 Å². The van der Waals surface area contributed by atoms with E-state index in [1.807, 2.05) is 0 Å². The highest BCUT2D eigenvalue weighted by atomic mass is 19.3. The molecule has 4 rings (SSSR count). The number of ketones is 1. The van der Waals surface area contributed by atoms with E-state index in [1.165, 1.54) is 0 Å². The molecule has 4 fully saturated rings. The first-order valence-electron chi connectivity index (χ1n) is 6.51. The Morgan fingerprint density at radius 1 is 1.28 bits per heavy atom. The molecule has 18 heavy (non-hydrogen) atoms. The van der Waals surface area contributed by atoms with E-state index in [9.17, 15) is 18.4 Å². The lowest BCUT2D eigenvalue weighted by Gasteiger charge is -2.54. The van der Waals surface area contributed by atoms with Gasteiger partial charge in [-0.3, -0.25) is 9.59 Å². The monoisotopic (exact) mass is 258 g/mol. The van der Waals surface area contributed by atoms with Crippen molar-refractivity contribution in [2.75, 3.05) is 0 Å². The summed E-state index contributed by atoms with van der Waals surface area (Å²) in [4.78, 5) is 23.4. The highest BCUT2D eigenvalue weighted by Crippen LogP contribution is 2.55. The van der Waals surface area contributed by atoms with Crippen LogP contribution in [0.5, 0.6) is 0 Å². The predicted octanol–water partition coefficient (Wildman–Crippen LogP) is 2.33. The molecule has 0 saturated heterocycles. The normalized spacial score (nSPS) is 41.5. The summed E-state index contributed by atoms with van der Waals surface area (Å²) in [6.07, 6.45) is 0.139. The van der Waals surface area contributed by atoms with Crippen molar-refractivity contribution in [3.8, 4) is 0 Å². The van der Waals surface area contributed by atoms with Crippen LogP contribution in [0.3, 0.4) is 0 Å². The molecule has 5 heteroatoms. The van der Waals surface area contributed by atoms with E-state index in [2.05, 4.69) is 0 Å². The molecule has 4 aliphatic carbocycles. The second-order valence-corrected chi connectivity index (χ2v) is 6.00. The number of carbonyl (C=O) groups is 2. The Labute approximate surface area is 104 Å². The summed E-state index contributed by atoms with van der Waals surface area (Å²) in [5.74, 6) is -0.100. The number of halogens is 2. The van der Waals surface area contributed by atoms with Crippen molar-refractivity contribution in [1.82, 2.24) is 0 Å². The Balaban J connectivity index is 1.72. The smallest absolute Gasteiger partial charge is 0.312 e. The Kier molecular flexibility index (Phi) is 2.68. The fourth-order valence-corrected chi connectivity index (χ4v) is 4.21. The molecule has 4 aliphatic rings. The SMILES string of the molecule is O=C(CC(F)F)OC12CC3CC(C1)C(=O)C(C3)C2. The van der Waals surface area contributed by atoms with E-state index in [1.54, 1.807) is 0 Å². The number of esters is 1. The highest BCUT2D eigenvalue weighted by Gasteiger charge is 2.57. The molecule has 0 amide bonds. The second-order valence-electron chi connectivity index (χ2n) is 6.00. The summed E-state index contributed by atoms with van der Waals surface area (Å²) in [5, 5.41) is 0. The van der Waals surface area contributed by atoms with Crippen molar-refractivity contribution in [3.63, 3.8) is 0 Å². The van der Waals surface area contributed by atoms with Crippen LogP contribution in [0, 0.1) is 17.8 Å². The first kappa shape index (κ1) is 12.1. The van der Waals surface area contributed by atoms with Gasteiger partial charge in [-0.1, -0.05) is 0 Å². The Hall–Kier alpha value is -1.00. The van der Waals surface area contributed by atoms with Crippen molar-refractivity contribution >= 4 is 11.8 Å². The van der Waals surface area contributed by atoms with E-state index in [-0.39, 0.29) is 11.8 Å². The van der Waals surface area contributed by atoms with Crippen LogP contribution < -0.4 is 0 Å². The summed E-state index contributed by atoms with van der Waals surface area (Å²) in [5.41, 5.74) is -0.615. The van der Waals surface area contributed by atoms with Crippen LogP contribution in [0.2, 0.25) is 0 Å². The number of hydrogen-bond acceptors (Lipinski definition) is 3. The van der Waals surface area contributed by atoms with Gasteiger partial charge >= 0.3 is 5.97 Å². The van der Waals surface area contributed by atoms with E-state index < -0.39 is 24.4 Å². The molecule has 3 nitrogen and oxygen atoms in total. The molecule has 0 aromatic rings. The Morgan fingerprint density at radius 3 is 2.44 bits per heavy atom. The third-order valence-electron chi connectivity index (χ3n) is 4.59. The van der Waals surface area contributed by atoms with Crippen LogP contribution in [-0.2, 0) is 14.3 Å². The van der Waals surface area contributed by atoms with Gasteiger partial charge in [-0.25, -0.2) is 8.78 Å². The minimum atomic E-state index is -2.66. The topological polar surface area (TPSA) is 43.4 Å². The first-order valence-corrected chi connectivity index (χ1v) is 6.51. The summed E-state index contributed by atoms with van der Waals surface area (Å²) in [7, 11) is 0. The molecule has 0 aromatic heterocycles. The summed E-state index contributed by atoms with van der Waals surface area (Å²) in [6, 6.07) is 0. The van der Waals surface area contributed by atoms with Crippen LogP contribution >= 0.6 is 0 Å². The van der Waals surface area contributed by atoms with Crippen LogP contribution in [-0.4, -0.2) is 23.8 Å². The van der Waals surface area contributed by atoms with Gasteiger partial charge in [0.2, 0.25) is 6.43 Å². The highest BCUT2D eigenvalue weighted by molar-refractivity contribution is 5.86. The quantitative estimate of drug-likeness (QED) is 0.730. The van der Waals surface area contributed by atoms with Crippen molar-refractivity contribution in [1.29, 1.82) is 0 Å². The minimum Gasteiger partial charge on any atom is -0.459 e. The van der Waals surface area contributed by atoms with Crippen LogP contribution in [0.25, 0.3) is 0 Å². The van der Waals surface area contributed by atoms with E-state index in [0.29, 0.717) is 24.5 Å². The molecule has 2 unspecified atom stereocenters. The van der Waals surface area contributed by atoms with Gasteiger partial charge in [-0.15, -0.1) is 0 Å². The average Bonchev–Trinajstić information content (AvgIpc) is 2.22. The Morgan fingerprint density at radius 2 is 1.89 bits per heavy atom. The number of rotatable bonds is 3. The number of alkyl halides is 2. The predicted molar refractivity (Wildman–Crippen MR) is 58.0 cm³/mol. The molecule has 100 valence electrons. The molecule has 0 N–H and O–H groups in total. The largest absolute Gasteiger partial charge is 0.459 e. The average molecular weight is 258 g/mol. The van der Waals surface area contributed by atoms with Gasteiger partial charge in [0.1, 0.15) is 17.8 Å². The lowest BCUT2D eigenvalue weighted by atomic mass is 9.53. The number of hydrogen-bond donors (Lipinski definition) is 0. The van der Waals surface area contributed by atoms with Gasteiger partial charge in [0, 0.05) is 11.8 Å². The van der Waals surface area contributed by atoms with Gasteiger partial charge in [-0.2, -0.15) is 0 Å². The summed E-state index contributed by atoms with van der Waals surface area (Å²) < 4.78 is 29.6. The molecule has 4 bridgehead atoms. The van der Waals surface area contributed by atoms with E-state index in [0.717, 1.165) is 19.3 Å². The zero-order chi connectivity index (χ0) is 12.9. The molecular weight excluding hydrogens is 242 g/mol. The third-order valence-corrected chi connectivity index (χ3v) is 4.59. The lowest BCUT2D eigenvalue weighted by Crippen LogP contribution is -2.56.